The molecule has 22 heavy (non-hydrogen) atoms. The maximum absolute atomic E-state index is 12.2. The predicted molar refractivity (Wildman–Crippen MR) is 92.4 cm³/mol. The van der Waals surface area contributed by atoms with Crippen LogP contribution in [0.25, 0.3) is 0 Å². The van der Waals surface area contributed by atoms with Gasteiger partial charge in [-0.15, -0.1) is 0 Å². The molecule has 8 heteroatoms. The van der Waals surface area contributed by atoms with Gasteiger partial charge in [-0.25, -0.2) is 13.1 Å². The maximum atomic E-state index is 12.2. The Kier molecular flexibility index (Phi) is 6.00. The molecule has 0 spiro atoms. The van der Waals surface area contributed by atoms with Gasteiger partial charge in [0.2, 0.25) is 10.0 Å². The van der Waals surface area contributed by atoms with Crippen LogP contribution in [-0.2, 0) is 22.3 Å². The van der Waals surface area contributed by atoms with E-state index in [1.54, 1.807) is 36.4 Å². The maximum Gasteiger partial charge on any atom is 0.216 e. The van der Waals surface area contributed by atoms with E-state index in [4.69, 9.17) is 46.4 Å². The summed E-state index contributed by atoms with van der Waals surface area (Å²) in [5.74, 6) is -0.309. The minimum absolute atomic E-state index is 0.0560. The van der Waals surface area contributed by atoms with Crippen LogP contribution in [0.1, 0.15) is 11.1 Å². The van der Waals surface area contributed by atoms with E-state index in [1.165, 1.54) is 0 Å². The van der Waals surface area contributed by atoms with E-state index < -0.39 is 10.0 Å². The van der Waals surface area contributed by atoms with Crippen LogP contribution in [0.4, 0.5) is 0 Å². The standard InChI is InChI=1S/C14H11Cl4NO2S/c15-10-5-4-9(14(18)6-10)7-19-22(20,21)8-11-12(16)2-1-3-13(11)17/h1-6,19H,7-8H2. The SMILES string of the molecule is O=S(=O)(Cc1c(Cl)cccc1Cl)NCc1ccc(Cl)cc1Cl. The highest BCUT2D eigenvalue weighted by Crippen LogP contribution is 2.26. The van der Waals surface area contributed by atoms with E-state index in [2.05, 4.69) is 4.72 Å². The summed E-state index contributed by atoms with van der Waals surface area (Å²) in [5.41, 5.74) is 0.987. The summed E-state index contributed by atoms with van der Waals surface area (Å²) in [7, 11) is -3.62. The first-order chi connectivity index (χ1) is 10.3. The van der Waals surface area contributed by atoms with Crippen molar-refractivity contribution in [1.82, 2.24) is 4.72 Å². The molecule has 1 N–H and O–H groups in total. The van der Waals surface area contributed by atoms with Crippen molar-refractivity contribution in [3.05, 3.63) is 67.6 Å². The highest BCUT2D eigenvalue weighted by Gasteiger charge is 2.16. The molecule has 118 valence electrons. The molecule has 2 rings (SSSR count). The minimum Gasteiger partial charge on any atom is -0.212 e. The molecular weight excluding hydrogens is 388 g/mol. The smallest absolute Gasteiger partial charge is 0.212 e. The van der Waals surface area contributed by atoms with Gasteiger partial charge < -0.3 is 0 Å². The average Bonchev–Trinajstić information content (AvgIpc) is 2.42. The fourth-order valence-electron chi connectivity index (χ4n) is 1.76. The highest BCUT2D eigenvalue weighted by molar-refractivity contribution is 7.88. The molecule has 0 saturated heterocycles. The molecule has 0 amide bonds. The van der Waals surface area contributed by atoms with Crippen LogP contribution >= 0.6 is 46.4 Å². The second-order valence-electron chi connectivity index (χ2n) is 4.52. The normalized spacial score (nSPS) is 11.6. The number of hydrogen-bond acceptors (Lipinski definition) is 2. The van der Waals surface area contributed by atoms with Crippen molar-refractivity contribution in [3.63, 3.8) is 0 Å². The molecule has 0 aliphatic heterocycles. The zero-order valence-electron chi connectivity index (χ0n) is 11.1. The third-order valence-corrected chi connectivity index (χ3v) is 5.44. The Hall–Kier alpha value is -0.490. The molecule has 0 aromatic heterocycles. The Morgan fingerprint density at radius 2 is 1.55 bits per heavy atom. The van der Waals surface area contributed by atoms with Gasteiger partial charge in [0.05, 0.1) is 5.75 Å². The Bertz CT molecular complexity index is 773. The number of nitrogens with one attached hydrogen (secondary N) is 1. The van der Waals surface area contributed by atoms with Crippen LogP contribution in [0.3, 0.4) is 0 Å². The van der Waals surface area contributed by atoms with Crippen molar-refractivity contribution in [2.24, 2.45) is 0 Å². The Morgan fingerprint density at radius 1 is 0.909 bits per heavy atom. The van der Waals surface area contributed by atoms with Crippen molar-refractivity contribution in [1.29, 1.82) is 0 Å². The van der Waals surface area contributed by atoms with Crippen molar-refractivity contribution < 1.29 is 8.42 Å². The van der Waals surface area contributed by atoms with Crippen LogP contribution in [0.2, 0.25) is 20.1 Å². The van der Waals surface area contributed by atoms with Crippen molar-refractivity contribution in [2.75, 3.05) is 0 Å². The molecule has 0 fully saturated rings. The van der Waals surface area contributed by atoms with E-state index in [1.807, 2.05) is 0 Å². The largest absolute Gasteiger partial charge is 0.216 e. The molecule has 2 aromatic carbocycles. The quantitative estimate of drug-likeness (QED) is 0.776. The van der Waals surface area contributed by atoms with E-state index in [0.29, 0.717) is 31.2 Å². The lowest BCUT2D eigenvalue weighted by Gasteiger charge is -2.10. The van der Waals surface area contributed by atoms with Gasteiger partial charge >= 0.3 is 0 Å². The zero-order valence-corrected chi connectivity index (χ0v) is 15.0. The van der Waals surface area contributed by atoms with Crippen LogP contribution in [0, 0.1) is 0 Å². The van der Waals surface area contributed by atoms with Gasteiger partial charge in [-0.1, -0.05) is 58.5 Å². The van der Waals surface area contributed by atoms with Crippen LogP contribution in [0.15, 0.2) is 36.4 Å². The van der Waals surface area contributed by atoms with Crippen molar-refractivity contribution >= 4 is 56.4 Å². The van der Waals surface area contributed by atoms with Gasteiger partial charge in [0.1, 0.15) is 0 Å². The Labute approximate surface area is 149 Å². The monoisotopic (exact) mass is 397 g/mol. The molecule has 0 radical (unpaired) electrons. The van der Waals surface area contributed by atoms with E-state index >= 15 is 0 Å². The number of hydrogen-bond donors (Lipinski definition) is 1. The Morgan fingerprint density at radius 3 is 2.14 bits per heavy atom. The molecule has 0 bridgehead atoms. The number of halogens is 4. The van der Waals surface area contributed by atoms with Crippen LogP contribution in [-0.4, -0.2) is 8.42 Å². The van der Waals surface area contributed by atoms with Crippen molar-refractivity contribution in [3.8, 4) is 0 Å². The lowest BCUT2D eigenvalue weighted by molar-refractivity contribution is 0.580. The third-order valence-electron chi connectivity index (χ3n) is 2.89. The summed E-state index contributed by atoms with van der Waals surface area (Å²) in [4.78, 5) is 0. The van der Waals surface area contributed by atoms with Gasteiger partial charge in [-0.05, 0) is 29.8 Å². The summed E-state index contributed by atoms with van der Waals surface area (Å²) in [6.07, 6.45) is 0. The van der Waals surface area contributed by atoms with Crippen molar-refractivity contribution in [2.45, 2.75) is 12.3 Å². The summed E-state index contributed by atoms with van der Waals surface area (Å²) in [5, 5.41) is 1.50. The highest BCUT2D eigenvalue weighted by atomic mass is 35.5. The molecule has 0 heterocycles. The fraction of sp³-hybridized carbons (Fsp3) is 0.143. The lowest BCUT2D eigenvalue weighted by Crippen LogP contribution is -2.25. The van der Waals surface area contributed by atoms with Gasteiger partial charge in [0, 0.05) is 32.2 Å². The second-order valence-corrected chi connectivity index (χ2v) is 7.98. The number of benzene rings is 2. The summed E-state index contributed by atoms with van der Waals surface area (Å²) in [6.45, 7) is 0.0560. The number of sulfonamides is 1. The molecule has 0 aliphatic rings. The second kappa shape index (κ2) is 7.39. The zero-order chi connectivity index (χ0) is 16.3. The van der Waals surface area contributed by atoms with E-state index in [0.717, 1.165) is 0 Å². The van der Waals surface area contributed by atoms with Crippen LogP contribution < -0.4 is 4.72 Å². The summed E-state index contributed by atoms with van der Waals surface area (Å²) < 4.78 is 26.8. The molecule has 3 nitrogen and oxygen atoms in total. The van der Waals surface area contributed by atoms with Gasteiger partial charge in [0.25, 0.3) is 0 Å². The molecule has 0 aliphatic carbocycles. The average molecular weight is 399 g/mol. The molecule has 0 atom stereocenters. The van der Waals surface area contributed by atoms with Gasteiger partial charge in [0.15, 0.2) is 0 Å². The first kappa shape index (κ1) is 17.9. The van der Waals surface area contributed by atoms with Crippen LogP contribution in [0.5, 0.6) is 0 Å². The summed E-state index contributed by atoms with van der Waals surface area (Å²) >= 11 is 23.8. The summed E-state index contributed by atoms with van der Waals surface area (Å²) in [6, 6.07) is 9.69. The molecule has 0 unspecified atom stereocenters. The first-order valence-corrected chi connectivity index (χ1v) is 9.29. The third kappa shape index (κ3) is 4.75. The van der Waals surface area contributed by atoms with Gasteiger partial charge in [-0.2, -0.15) is 0 Å². The lowest BCUT2D eigenvalue weighted by atomic mass is 10.2. The molecular formula is C14H11Cl4NO2S. The molecule has 2 aromatic rings. The first-order valence-electron chi connectivity index (χ1n) is 6.12. The topological polar surface area (TPSA) is 46.2 Å². The Balaban J connectivity index is 2.12. The fourth-order valence-corrected chi connectivity index (χ4v) is 4.10. The number of rotatable bonds is 5. The van der Waals surface area contributed by atoms with E-state index in [9.17, 15) is 8.42 Å². The van der Waals surface area contributed by atoms with E-state index in [-0.39, 0.29) is 12.3 Å². The minimum atomic E-state index is -3.62. The predicted octanol–water partition coefficient (Wildman–Crippen LogP) is 4.92. The molecule has 0 saturated carbocycles. The van der Waals surface area contributed by atoms with Gasteiger partial charge in [-0.3, -0.25) is 0 Å².